The number of nitrogens with zero attached hydrogens (tertiary/aromatic N) is 1. The molecule has 1 aliphatic heterocycles. The Morgan fingerprint density at radius 1 is 1.47 bits per heavy atom. The smallest absolute Gasteiger partial charge is 0.246 e. The van der Waals surface area contributed by atoms with E-state index in [4.69, 9.17) is 0 Å². The van der Waals surface area contributed by atoms with Gasteiger partial charge in [-0.15, -0.1) is 0 Å². The summed E-state index contributed by atoms with van der Waals surface area (Å²) in [4.78, 5) is 14.0. The quantitative estimate of drug-likeness (QED) is 0.864. The second kappa shape index (κ2) is 6.87. The van der Waals surface area contributed by atoms with Crippen LogP contribution < -0.4 is 5.32 Å². The van der Waals surface area contributed by atoms with Gasteiger partial charge in [-0.1, -0.05) is 28.1 Å². The second-order valence-corrected chi connectivity index (χ2v) is 5.80. The fraction of sp³-hybridized carbons (Fsp3) is 0.400. The average Bonchev–Trinajstić information content (AvgIpc) is 2.87. The van der Waals surface area contributed by atoms with Crippen LogP contribution in [-0.2, 0) is 4.79 Å². The molecule has 1 saturated heterocycles. The summed E-state index contributed by atoms with van der Waals surface area (Å²) in [6, 6.07) is 7.93. The van der Waals surface area contributed by atoms with Crippen LogP contribution in [0.1, 0.15) is 12.0 Å². The molecule has 1 N–H and O–H groups in total. The summed E-state index contributed by atoms with van der Waals surface area (Å²) < 4.78 is 1.05. The molecule has 1 aromatic rings. The third kappa shape index (κ3) is 4.18. The van der Waals surface area contributed by atoms with Crippen LogP contribution in [-0.4, -0.2) is 37.5 Å². The van der Waals surface area contributed by atoms with Gasteiger partial charge in [-0.2, -0.15) is 0 Å². The zero-order valence-corrected chi connectivity index (χ0v) is 12.7. The van der Waals surface area contributed by atoms with Crippen molar-refractivity contribution in [2.45, 2.75) is 6.42 Å². The molecule has 0 spiro atoms. The number of carbonyl (C=O) groups is 1. The van der Waals surface area contributed by atoms with Crippen LogP contribution in [0.5, 0.6) is 0 Å². The van der Waals surface area contributed by atoms with Crippen LogP contribution in [0.2, 0.25) is 0 Å². The molecule has 1 amide bonds. The first-order chi connectivity index (χ1) is 9.19. The fourth-order valence-electron chi connectivity index (χ4n) is 2.33. The minimum absolute atomic E-state index is 0.113. The van der Waals surface area contributed by atoms with Gasteiger partial charge >= 0.3 is 0 Å². The Kier molecular flexibility index (Phi) is 5.16. The molecule has 1 atom stereocenters. The van der Waals surface area contributed by atoms with E-state index < -0.39 is 0 Å². The highest BCUT2D eigenvalue weighted by molar-refractivity contribution is 9.10. The van der Waals surface area contributed by atoms with Crippen LogP contribution in [0.4, 0.5) is 0 Å². The van der Waals surface area contributed by atoms with E-state index in [9.17, 15) is 4.79 Å². The molecule has 3 nitrogen and oxygen atoms in total. The zero-order valence-electron chi connectivity index (χ0n) is 11.1. The number of carbonyl (C=O) groups excluding carboxylic acids is 1. The van der Waals surface area contributed by atoms with Gasteiger partial charge in [0.25, 0.3) is 0 Å². The van der Waals surface area contributed by atoms with Crippen molar-refractivity contribution in [3.05, 3.63) is 40.4 Å². The summed E-state index contributed by atoms with van der Waals surface area (Å²) in [5.41, 5.74) is 1.04. The SMILES string of the molecule is CNCC1CCN(C(=O)/C=C/c2ccc(Br)cc2)C1. The average molecular weight is 323 g/mol. The maximum atomic E-state index is 12.0. The van der Waals surface area contributed by atoms with Crippen molar-refractivity contribution in [1.82, 2.24) is 10.2 Å². The number of hydrogen-bond donors (Lipinski definition) is 1. The van der Waals surface area contributed by atoms with E-state index in [2.05, 4.69) is 21.2 Å². The summed E-state index contributed by atoms with van der Waals surface area (Å²) in [6.45, 7) is 2.72. The van der Waals surface area contributed by atoms with Crippen molar-refractivity contribution in [2.24, 2.45) is 5.92 Å². The molecule has 19 heavy (non-hydrogen) atoms. The molecule has 0 aromatic heterocycles. The van der Waals surface area contributed by atoms with Crippen molar-refractivity contribution in [2.75, 3.05) is 26.7 Å². The van der Waals surface area contributed by atoms with Gasteiger partial charge in [0.2, 0.25) is 5.91 Å². The first kappa shape index (κ1) is 14.3. The Balaban J connectivity index is 1.89. The standard InChI is InChI=1S/C15H19BrN2O/c1-17-10-13-8-9-18(11-13)15(19)7-4-12-2-5-14(16)6-3-12/h2-7,13,17H,8-11H2,1H3/b7-4+. The number of hydrogen-bond acceptors (Lipinski definition) is 2. The monoisotopic (exact) mass is 322 g/mol. The molecule has 1 heterocycles. The summed E-state index contributed by atoms with van der Waals surface area (Å²) >= 11 is 3.40. The number of benzene rings is 1. The van der Waals surface area contributed by atoms with Gasteiger partial charge in [-0.3, -0.25) is 4.79 Å². The predicted octanol–water partition coefficient (Wildman–Crippen LogP) is 2.53. The lowest BCUT2D eigenvalue weighted by Crippen LogP contribution is -2.28. The Labute approximate surface area is 122 Å². The van der Waals surface area contributed by atoms with Gasteiger partial charge in [0.1, 0.15) is 0 Å². The highest BCUT2D eigenvalue weighted by Crippen LogP contribution is 2.16. The van der Waals surface area contributed by atoms with Crippen molar-refractivity contribution < 1.29 is 4.79 Å². The van der Waals surface area contributed by atoms with E-state index in [1.807, 2.05) is 42.3 Å². The molecular weight excluding hydrogens is 304 g/mol. The van der Waals surface area contributed by atoms with E-state index in [0.29, 0.717) is 5.92 Å². The van der Waals surface area contributed by atoms with Gasteiger partial charge in [0, 0.05) is 23.6 Å². The fourth-order valence-corrected chi connectivity index (χ4v) is 2.60. The molecule has 1 aromatic carbocycles. The first-order valence-corrected chi connectivity index (χ1v) is 7.35. The van der Waals surface area contributed by atoms with Crippen molar-refractivity contribution in [3.8, 4) is 0 Å². The summed E-state index contributed by atoms with van der Waals surface area (Å²) in [5.74, 6) is 0.705. The van der Waals surface area contributed by atoms with E-state index in [0.717, 1.165) is 36.1 Å². The van der Waals surface area contributed by atoms with E-state index in [1.54, 1.807) is 6.08 Å². The summed E-state index contributed by atoms with van der Waals surface area (Å²) in [7, 11) is 1.96. The lowest BCUT2D eigenvalue weighted by molar-refractivity contribution is -0.125. The van der Waals surface area contributed by atoms with Gasteiger partial charge in [-0.05, 0) is 49.7 Å². The molecule has 1 unspecified atom stereocenters. The Morgan fingerprint density at radius 3 is 2.89 bits per heavy atom. The third-order valence-electron chi connectivity index (χ3n) is 3.38. The highest BCUT2D eigenvalue weighted by atomic mass is 79.9. The second-order valence-electron chi connectivity index (χ2n) is 4.88. The van der Waals surface area contributed by atoms with Crippen LogP contribution in [0.3, 0.4) is 0 Å². The minimum atomic E-state index is 0.113. The predicted molar refractivity (Wildman–Crippen MR) is 81.8 cm³/mol. The molecule has 0 saturated carbocycles. The summed E-state index contributed by atoms with van der Waals surface area (Å²) in [6.07, 6.45) is 4.64. The largest absolute Gasteiger partial charge is 0.339 e. The highest BCUT2D eigenvalue weighted by Gasteiger charge is 2.24. The maximum Gasteiger partial charge on any atom is 0.246 e. The Hall–Kier alpha value is -1.13. The first-order valence-electron chi connectivity index (χ1n) is 6.56. The van der Waals surface area contributed by atoms with Gasteiger partial charge in [-0.25, -0.2) is 0 Å². The van der Waals surface area contributed by atoms with Crippen molar-refractivity contribution >= 4 is 27.9 Å². The number of nitrogens with one attached hydrogen (secondary N) is 1. The number of rotatable bonds is 4. The molecule has 4 heteroatoms. The topological polar surface area (TPSA) is 32.3 Å². The lowest BCUT2D eigenvalue weighted by atomic mass is 10.1. The van der Waals surface area contributed by atoms with E-state index in [-0.39, 0.29) is 5.91 Å². The van der Waals surface area contributed by atoms with Crippen molar-refractivity contribution in [1.29, 1.82) is 0 Å². The van der Waals surface area contributed by atoms with Crippen LogP contribution >= 0.6 is 15.9 Å². The third-order valence-corrected chi connectivity index (χ3v) is 3.91. The maximum absolute atomic E-state index is 12.0. The van der Waals surface area contributed by atoms with Crippen LogP contribution in [0, 0.1) is 5.92 Å². The zero-order chi connectivity index (χ0) is 13.7. The Bertz CT molecular complexity index is 456. The molecule has 102 valence electrons. The van der Waals surface area contributed by atoms with Gasteiger partial charge in [0.15, 0.2) is 0 Å². The lowest BCUT2D eigenvalue weighted by Gasteiger charge is -2.14. The van der Waals surface area contributed by atoms with Gasteiger partial charge < -0.3 is 10.2 Å². The van der Waals surface area contributed by atoms with E-state index in [1.165, 1.54) is 0 Å². The van der Waals surface area contributed by atoms with Crippen LogP contribution in [0.25, 0.3) is 6.08 Å². The minimum Gasteiger partial charge on any atom is -0.339 e. The molecular formula is C15H19BrN2O. The summed E-state index contributed by atoms with van der Waals surface area (Å²) in [5, 5.41) is 3.17. The Morgan fingerprint density at radius 2 is 2.21 bits per heavy atom. The molecule has 0 aliphatic carbocycles. The number of halogens is 1. The van der Waals surface area contributed by atoms with Crippen molar-refractivity contribution in [3.63, 3.8) is 0 Å². The molecule has 2 rings (SSSR count). The normalized spacial score (nSPS) is 19.3. The number of likely N-dealkylation sites (tertiary alicyclic amines) is 1. The molecule has 0 bridgehead atoms. The molecule has 1 aliphatic rings. The molecule has 1 fully saturated rings. The molecule has 0 radical (unpaired) electrons. The van der Waals surface area contributed by atoms with Gasteiger partial charge in [0.05, 0.1) is 0 Å². The van der Waals surface area contributed by atoms with E-state index >= 15 is 0 Å². The number of amides is 1. The van der Waals surface area contributed by atoms with Crippen LogP contribution in [0.15, 0.2) is 34.8 Å².